The third-order valence-electron chi connectivity index (χ3n) is 7.05. The van der Waals surface area contributed by atoms with Gasteiger partial charge in [0.2, 0.25) is 5.95 Å². The lowest BCUT2D eigenvalue weighted by molar-refractivity contribution is -0.144. The van der Waals surface area contributed by atoms with Crippen molar-refractivity contribution < 1.29 is 18.7 Å². The second kappa shape index (κ2) is 11.1. The van der Waals surface area contributed by atoms with Crippen LogP contribution in [0.15, 0.2) is 72.8 Å². The number of halogens is 1. The number of rotatable bonds is 7. The van der Waals surface area contributed by atoms with Gasteiger partial charge >= 0.3 is 5.97 Å². The number of carbonyl (C=O) groups excluding carboxylic acids is 1. The lowest BCUT2D eigenvalue weighted by atomic mass is 9.93. The second-order valence-electron chi connectivity index (χ2n) is 9.60. The molecule has 0 saturated heterocycles. The van der Waals surface area contributed by atoms with Gasteiger partial charge in [-0.2, -0.15) is 4.98 Å². The molecule has 39 heavy (non-hydrogen) atoms. The Hall–Kier alpha value is -4.46. The fourth-order valence-corrected chi connectivity index (χ4v) is 5.09. The highest BCUT2D eigenvalue weighted by atomic mass is 19.1. The summed E-state index contributed by atoms with van der Waals surface area (Å²) in [7, 11) is 1.59. The lowest BCUT2D eigenvalue weighted by Gasteiger charge is -2.37. The van der Waals surface area contributed by atoms with Gasteiger partial charge in [0.25, 0.3) is 0 Å². The number of nitrogens with zero attached hydrogens (tertiary/aromatic N) is 3. The fourth-order valence-electron chi connectivity index (χ4n) is 5.09. The minimum atomic E-state index is -0.791. The van der Waals surface area contributed by atoms with Crippen LogP contribution in [0.3, 0.4) is 0 Å². The smallest absolute Gasteiger partial charge is 0.303 e. The molecule has 1 aromatic heterocycles. The second-order valence-corrected chi connectivity index (χ2v) is 9.60. The average molecular weight is 527 g/mol. The van der Waals surface area contributed by atoms with Crippen molar-refractivity contribution in [3.05, 3.63) is 107 Å². The number of anilines is 3. The summed E-state index contributed by atoms with van der Waals surface area (Å²) in [6.45, 7) is 6.27. The van der Waals surface area contributed by atoms with E-state index in [-0.39, 0.29) is 11.9 Å². The minimum absolute atomic E-state index is 0.0686. The Morgan fingerprint density at radius 1 is 1.08 bits per heavy atom. The maximum absolute atomic E-state index is 13.6. The molecule has 0 spiro atoms. The van der Waals surface area contributed by atoms with Crippen LogP contribution in [-0.4, -0.2) is 29.6 Å². The monoisotopic (exact) mass is 526 g/mol. The van der Waals surface area contributed by atoms with E-state index in [4.69, 9.17) is 19.4 Å². The van der Waals surface area contributed by atoms with Crippen molar-refractivity contribution in [1.29, 1.82) is 0 Å². The summed E-state index contributed by atoms with van der Waals surface area (Å²) in [5.41, 5.74) is 5.30. The van der Waals surface area contributed by atoms with Crippen LogP contribution in [0.4, 0.5) is 21.8 Å². The number of aromatic nitrogens is 2. The molecular weight excluding hydrogens is 495 g/mol. The van der Waals surface area contributed by atoms with Crippen molar-refractivity contribution in [1.82, 2.24) is 9.97 Å². The molecule has 4 aromatic rings. The number of hydrogen-bond donors (Lipinski definition) is 1. The fraction of sp³-hybridized carbons (Fsp3) is 0.258. The molecule has 0 fully saturated rings. The number of fused-ring (bicyclic) bond motifs is 1. The SMILES string of the molecule is COc1cccc(C(OC(C)=O)c2nc(Nc3ccc(F)cc3)nc(N3CCc4ccccc4C3C)c2C)c1. The highest BCUT2D eigenvalue weighted by Gasteiger charge is 2.30. The molecule has 1 aliphatic rings. The zero-order valence-electron chi connectivity index (χ0n) is 22.4. The third-order valence-corrected chi connectivity index (χ3v) is 7.05. The summed E-state index contributed by atoms with van der Waals surface area (Å²) in [5, 5.41) is 3.21. The normalized spacial score (nSPS) is 15.3. The lowest BCUT2D eigenvalue weighted by Crippen LogP contribution is -2.35. The number of carbonyl (C=O) groups is 1. The standard InChI is InChI=1S/C31H31FN4O3/c1-19-28(29(39-21(3)37)23-9-7-10-26(18-23)38-4)34-31(33-25-14-12-24(32)13-15-25)35-30(19)36-17-16-22-8-5-6-11-27(22)20(36)2/h5-15,18,20,29H,16-17H2,1-4H3,(H,33,34,35). The van der Waals surface area contributed by atoms with Crippen LogP contribution in [0.1, 0.15) is 53.9 Å². The quantitative estimate of drug-likeness (QED) is 0.277. The Kier molecular flexibility index (Phi) is 7.45. The number of hydrogen-bond acceptors (Lipinski definition) is 7. The predicted octanol–water partition coefficient (Wildman–Crippen LogP) is 6.45. The molecule has 5 rings (SSSR count). The number of benzene rings is 3. The van der Waals surface area contributed by atoms with Gasteiger partial charge in [0.1, 0.15) is 17.4 Å². The Bertz CT molecular complexity index is 1490. The highest BCUT2D eigenvalue weighted by Crippen LogP contribution is 2.38. The zero-order valence-corrected chi connectivity index (χ0v) is 22.4. The number of nitrogens with one attached hydrogen (secondary N) is 1. The molecular formula is C31H31FN4O3. The summed E-state index contributed by atoms with van der Waals surface area (Å²) in [6.07, 6.45) is 0.0870. The molecule has 0 saturated carbocycles. The number of methoxy groups -OCH3 is 1. The van der Waals surface area contributed by atoms with Gasteiger partial charge in [0.05, 0.1) is 18.8 Å². The van der Waals surface area contributed by atoms with E-state index in [9.17, 15) is 9.18 Å². The summed E-state index contributed by atoms with van der Waals surface area (Å²) in [4.78, 5) is 24.3. The predicted molar refractivity (Wildman–Crippen MR) is 149 cm³/mol. The van der Waals surface area contributed by atoms with Crippen molar-refractivity contribution >= 4 is 23.4 Å². The van der Waals surface area contributed by atoms with Crippen molar-refractivity contribution in [3.63, 3.8) is 0 Å². The molecule has 1 N–H and O–H groups in total. The largest absolute Gasteiger partial charge is 0.497 e. The summed E-state index contributed by atoms with van der Waals surface area (Å²) in [6, 6.07) is 21.9. The Balaban J connectivity index is 1.65. The first-order valence-electron chi connectivity index (χ1n) is 12.9. The highest BCUT2D eigenvalue weighted by molar-refractivity contribution is 5.67. The molecule has 8 heteroatoms. The molecule has 3 aromatic carbocycles. The first-order valence-corrected chi connectivity index (χ1v) is 12.9. The van der Waals surface area contributed by atoms with E-state index in [0.717, 1.165) is 29.9 Å². The van der Waals surface area contributed by atoms with E-state index in [0.29, 0.717) is 23.1 Å². The molecule has 200 valence electrons. The van der Waals surface area contributed by atoms with Gasteiger partial charge in [-0.25, -0.2) is 9.37 Å². The molecule has 0 bridgehead atoms. The maximum atomic E-state index is 13.6. The molecule has 0 amide bonds. The first kappa shape index (κ1) is 26.2. The first-order chi connectivity index (χ1) is 18.8. The molecule has 2 atom stereocenters. The van der Waals surface area contributed by atoms with Crippen LogP contribution in [0.25, 0.3) is 0 Å². The number of esters is 1. The van der Waals surface area contributed by atoms with Crippen molar-refractivity contribution in [2.24, 2.45) is 0 Å². The van der Waals surface area contributed by atoms with Crippen LogP contribution in [0.2, 0.25) is 0 Å². The van der Waals surface area contributed by atoms with E-state index in [1.165, 1.54) is 30.2 Å². The van der Waals surface area contributed by atoms with Gasteiger partial charge in [-0.15, -0.1) is 0 Å². The van der Waals surface area contributed by atoms with Crippen molar-refractivity contribution in [2.45, 2.75) is 39.3 Å². The van der Waals surface area contributed by atoms with E-state index in [1.54, 1.807) is 19.2 Å². The molecule has 0 radical (unpaired) electrons. The average Bonchev–Trinajstić information content (AvgIpc) is 2.94. The Labute approximate surface area is 227 Å². The minimum Gasteiger partial charge on any atom is -0.497 e. The van der Waals surface area contributed by atoms with E-state index >= 15 is 0 Å². The summed E-state index contributed by atoms with van der Waals surface area (Å²) in [5.74, 6) is 0.939. The van der Waals surface area contributed by atoms with Gasteiger partial charge in [-0.05, 0) is 67.8 Å². The molecule has 1 aliphatic heterocycles. The molecule has 2 unspecified atom stereocenters. The maximum Gasteiger partial charge on any atom is 0.303 e. The van der Waals surface area contributed by atoms with Gasteiger partial charge in [-0.3, -0.25) is 4.79 Å². The van der Waals surface area contributed by atoms with Crippen LogP contribution < -0.4 is 15.0 Å². The van der Waals surface area contributed by atoms with E-state index < -0.39 is 12.1 Å². The van der Waals surface area contributed by atoms with Crippen LogP contribution >= 0.6 is 0 Å². The van der Waals surface area contributed by atoms with Gasteiger partial charge in [0, 0.05) is 30.3 Å². The van der Waals surface area contributed by atoms with E-state index in [2.05, 4.69) is 41.4 Å². The zero-order chi connectivity index (χ0) is 27.5. The van der Waals surface area contributed by atoms with Crippen molar-refractivity contribution in [2.75, 3.05) is 23.9 Å². The Morgan fingerprint density at radius 2 is 1.85 bits per heavy atom. The van der Waals surface area contributed by atoms with Crippen LogP contribution in [0, 0.1) is 12.7 Å². The van der Waals surface area contributed by atoms with Crippen molar-refractivity contribution in [3.8, 4) is 5.75 Å². The van der Waals surface area contributed by atoms with E-state index in [1.807, 2.05) is 31.2 Å². The Morgan fingerprint density at radius 3 is 2.59 bits per heavy atom. The topological polar surface area (TPSA) is 76.6 Å². The summed E-state index contributed by atoms with van der Waals surface area (Å²) < 4.78 is 24.9. The molecule has 0 aliphatic carbocycles. The van der Waals surface area contributed by atoms with Gasteiger partial charge in [0.15, 0.2) is 6.10 Å². The molecule has 2 heterocycles. The van der Waals surface area contributed by atoms with Gasteiger partial charge < -0.3 is 19.7 Å². The number of ether oxygens (including phenoxy) is 2. The van der Waals surface area contributed by atoms with Crippen LogP contribution in [0.5, 0.6) is 5.75 Å². The molecule has 7 nitrogen and oxygen atoms in total. The van der Waals surface area contributed by atoms with Crippen LogP contribution in [-0.2, 0) is 16.0 Å². The van der Waals surface area contributed by atoms with Gasteiger partial charge in [-0.1, -0.05) is 36.4 Å². The third kappa shape index (κ3) is 5.55. The summed E-state index contributed by atoms with van der Waals surface area (Å²) >= 11 is 0.